The minimum Gasteiger partial charge on any atom is -0.481 e. The molecular weight excluding hydrogens is 282 g/mol. The Morgan fingerprint density at radius 3 is 2.73 bits per heavy atom. The Kier molecular flexibility index (Phi) is 3.83. The molecule has 1 aliphatic rings. The molecule has 0 unspecified atom stereocenters. The van der Waals surface area contributed by atoms with Gasteiger partial charge in [-0.15, -0.1) is 0 Å². The number of hydrogen-bond donors (Lipinski definition) is 3. The van der Waals surface area contributed by atoms with Crippen molar-refractivity contribution in [3.05, 3.63) is 30.0 Å². The highest BCUT2D eigenvalue weighted by molar-refractivity contribution is 5.87. The Labute approximate surface area is 127 Å². The molecule has 0 radical (unpaired) electrons. The molecule has 1 amide bonds. The maximum Gasteiger partial charge on any atom is 0.305 e. The number of aromatic nitrogens is 2. The Morgan fingerprint density at radius 2 is 2.00 bits per heavy atom. The number of aromatic amines is 1. The third-order valence-electron chi connectivity index (χ3n) is 4.33. The number of carbonyl (C=O) groups is 2. The van der Waals surface area contributed by atoms with Gasteiger partial charge in [0.05, 0.1) is 29.6 Å². The number of carboxylic acids is 1. The Bertz CT molecular complexity index is 701. The van der Waals surface area contributed by atoms with Crippen molar-refractivity contribution in [1.82, 2.24) is 15.5 Å². The highest BCUT2D eigenvalue weighted by Gasteiger charge is 2.37. The second-order valence-electron chi connectivity index (χ2n) is 6.00. The topological polar surface area (TPSA) is 95.1 Å². The molecular formula is C16H19N3O3. The fraction of sp³-hybridized carbons (Fsp3) is 0.438. The van der Waals surface area contributed by atoms with Crippen molar-refractivity contribution in [1.29, 1.82) is 0 Å². The Balaban J connectivity index is 1.72. The summed E-state index contributed by atoms with van der Waals surface area (Å²) < 4.78 is 0. The molecule has 3 N–H and O–H groups in total. The van der Waals surface area contributed by atoms with Crippen LogP contribution in [0, 0.1) is 0 Å². The third kappa shape index (κ3) is 2.95. The monoisotopic (exact) mass is 301 g/mol. The van der Waals surface area contributed by atoms with Gasteiger partial charge in [0.1, 0.15) is 0 Å². The summed E-state index contributed by atoms with van der Waals surface area (Å²) in [7, 11) is 0. The lowest BCUT2D eigenvalue weighted by molar-refractivity contribution is -0.139. The summed E-state index contributed by atoms with van der Waals surface area (Å²) in [6.45, 7) is 0. The van der Waals surface area contributed by atoms with Crippen LogP contribution in [0.25, 0.3) is 10.9 Å². The third-order valence-corrected chi connectivity index (χ3v) is 4.33. The van der Waals surface area contributed by atoms with Gasteiger partial charge in [0, 0.05) is 5.39 Å². The molecule has 1 saturated carbocycles. The van der Waals surface area contributed by atoms with Gasteiger partial charge in [0.2, 0.25) is 5.91 Å². The average Bonchev–Trinajstić information content (AvgIpc) is 3.06. The summed E-state index contributed by atoms with van der Waals surface area (Å²) in [6.07, 6.45) is 3.55. The summed E-state index contributed by atoms with van der Waals surface area (Å²) >= 11 is 0. The number of nitrogens with one attached hydrogen (secondary N) is 2. The summed E-state index contributed by atoms with van der Waals surface area (Å²) in [5.41, 5.74) is 1.00. The van der Waals surface area contributed by atoms with E-state index >= 15 is 0 Å². The molecule has 1 aromatic carbocycles. The minimum absolute atomic E-state index is 0.0114. The van der Waals surface area contributed by atoms with Gasteiger partial charge in [0.15, 0.2) is 0 Å². The van der Waals surface area contributed by atoms with E-state index in [0.29, 0.717) is 0 Å². The second kappa shape index (κ2) is 5.79. The molecule has 6 nitrogen and oxygen atoms in total. The van der Waals surface area contributed by atoms with E-state index in [9.17, 15) is 9.59 Å². The number of para-hydroxylation sites is 1. The number of amides is 1. The van der Waals surface area contributed by atoms with Crippen molar-refractivity contribution in [2.75, 3.05) is 0 Å². The van der Waals surface area contributed by atoms with E-state index < -0.39 is 11.5 Å². The second-order valence-corrected chi connectivity index (χ2v) is 6.00. The van der Waals surface area contributed by atoms with Gasteiger partial charge in [0.25, 0.3) is 0 Å². The standard InChI is InChI=1S/C16H19N3O3/c20-14(17-16(10-15(21)22)7-3-4-8-16)9-13-11-5-1-2-6-12(11)18-19-13/h1-2,5-6H,3-4,7-10H2,(H,17,20)(H,18,19)(H,21,22). The molecule has 1 aliphatic carbocycles. The van der Waals surface area contributed by atoms with Crippen molar-refractivity contribution in [2.24, 2.45) is 0 Å². The lowest BCUT2D eigenvalue weighted by Crippen LogP contribution is -2.48. The maximum absolute atomic E-state index is 12.3. The number of benzene rings is 1. The number of nitrogens with zero attached hydrogens (tertiary/aromatic N) is 1. The molecule has 2 aromatic rings. The zero-order valence-electron chi connectivity index (χ0n) is 12.3. The first-order valence-electron chi connectivity index (χ1n) is 7.53. The van der Waals surface area contributed by atoms with E-state index in [0.717, 1.165) is 42.3 Å². The van der Waals surface area contributed by atoms with Crippen LogP contribution in [0.2, 0.25) is 0 Å². The van der Waals surface area contributed by atoms with Crippen molar-refractivity contribution in [3.63, 3.8) is 0 Å². The normalized spacial score (nSPS) is 16.7. The molecule has 0 spiro atoms. The average molecular weight is 301 g/mol. The van der Waals surface area contributed by atoms with Crippen molar-refractivity contribution >= 4 is 22.8 Å². The van der Waals surface area contributed by atoms with Gasteiger partial charge in [-0.25, -0.2) is 0 Å². The van der Waals surface area contributed by atoms with E-state index in [1.807, 2.05) is 24.3 Å². The van der Waals surface area contributed by atoms with Gasteiger partial charge in [-0.05, 0) is 18.9 Å². The van der Waals surface area contributed by atoms with Crippen LogP contribution in [0.1, 0.15) is 37.8 Å². The zero-order valence-corrected chi connectivity index (χ0v) is 12.3. The van der Waals surface area contributed by atoms with E-state index in [1.165, 1.54) is 0 Å². The molecule has 22 heavy (non-hydrogen) atoms. The van der Waals surface area contributed by atoms with Crippen LogP contribution >= 0.6 is 0 Å². The van der Waals surface area contributed by atoms with Crippen molar-refractivity contribution in [2.45, 2.75) is 44.1 Å². The summed E-state index contributed by atoms with van der Waals surface area (Å²) in [4.78, 5) is 23.4. The SMILES string of the molecule is O=C(O)CC1(NC(=O)Cc2[nH]nc3ccccc23)CCCC1. The lowest BCUT2D eigenvalue weighted by Gasteiger charge is -2.28. The highest BCUT2D eigenvalue weighted by atomic mass is 16.4. The van der Waals surface area contributed by atoms with Crippen LogP contribution in [0.4, 0.5) is 0 Å². The fourth-order valence-electron chi connectivity index (χ4n) is 3.34. The van der Waals surface area contributed by atoms with Crippen LogP contribution in [-0.2, 0) is 16.0 Å². The molecule has 1 heterocycles. The fourth-order valence-corrected chi connectivity index (χ4v) is 3.34. The minimum atomic E-state index is -0.866. The molecule has 0 bridgehead atoms. The van der Waals surface area contributed by atoms with E-state index in [2.05, 4.69) is 15.5 Å². The van der Waals surface area contributed by atoms with Gasteiger partial charge >= 0.3 is 5.97 Å². The number of carboxylic acid groups (broad SMARTS) is 1. The molecule has 6 heteroatoms. The largest absolute Gasteiger partial charge is 0.481 e. The van der Waals surface area contributed by atoms with Crippen LogP contribution in [0.5, 0.6) is 0 Å². The van der Waals surface area contributed by atoms with Crippen LogP contribution in [0.15, 0.2) is 24.3 Å². The van der Waals surface area contributed by atoms with Crippen LogP contribution in [-0.4, -0.2) is 32.7 Å². The summed E-state index contributed by atoms with van der Waals surface area (Å²) in [5.74, 6) is -1.02. The van der Waals surface area contributed by atoms with Crippen molar-refractivity contribution in [3.8, 4) is 0 Å². The predicted molar refractivity (Wildman–Crippen MR) is 81.4 cm³/mol. The van der Waals surface area contributed by atoms with Crippen LogP contribution in [0.3, 0.4) is 0 Å². The van der Waals surface area contributed by atoms with E-state index in [1.54, 1.807) is 0 Å². The summed E-state index contributed by atoms with van der Waals surface area (Å²) in [6, 6.07) is 7.61. The highest BCUT2D eigenvalue weighted by Crippen LogP contribution is 2.32. The number of rotatable bonds is 5. The molecule has 116 valence electrons. The Morgan fingerprint density at radius 1 is 1.27 bits per heavy atom. The van der Waals surface area contributed by atoms with Crippen LogP contribution < -0.4 is 5.32 Å². The molecule has 1 fully saturated rings. The molecule has 0 atom stereocenters. The van der Waals surface area contributed by atoms with Gasteiger partial charge in [-0.3, -0.25) is 14.7 Å². The number of fused-ring (bicyclic) bond motifs is 1. The number of hydrogen-bond acceptors (Lipinski definition) is 3. The number of carbonyl (C=O) groups excluding carboxylic acids is 1. The predicted octanol–water partition coefficient (Wildman–Crippen LogP) is 2.01. The molecule has 1 aromatic heterocycles. The first-order chi connectivity index (χ1) is 10.6. The van der Waals surface area contributed by atoms with E-state index in [-0.39, 0.29) is 18.7 Å². The van der Waals surface area contributed by atoms with Gasteiger partial charge < -0.3 is 10.4 Å². The molecule has 3 rings (SSSR count). The maximum atomic E-state index is 12.3. The van der Waals surface area contributed by atoms with E-state index in [4.69, 9.17) is 5.11 Å². The first kappa shape index (κ1) is 14.6. The zero-order chi connectivity index (χ0) is 15.6. The first-order valence-corrected chi connectivity index (χ1v) is 7.53. The number of aliphatic carboxylic acids is 1. The molecule has 0 saturated heterocycles. The lowest BCUT2D eigenvalue weighted by atomic mass is 9.93. The summed E-state index contributed by atoms with van der Waals surface area (Å²) in [5, 5.41) is 20.0. The quantitative estimate of drug-likeness (QED) is 0.787. The molecule has 0 aliphatic heterocycles. The Hall–Kier alpha value is -2.37. The smallest absolute Gasteiger partial charge is 0.305 e. The van der Waals surface area contributed by atoms with Crippen molar-refractivity contribution < 1.29 is 14.7 Å². The van der Waals surface area contributed by atoms with Gasteiger partial charge in [-0.1, -0.05) is 31.0 Å². The number of H-pyrrole nitrogens is 1. The van der Waals surface area contributed by atoms with Gasteiger partial charge in [-0.2, -0.15) is 5.10 Å².